The fourth-order valence-electron chi connectivity index (χ4n) is 0.542. The highest BCUT2D eigenvalue weighted by Gasteiger charge is 2.01. The molecular weight excluding hydrogens is 142 g/mol. The number of nitrogen functional groups attached to an aromatic ring is 1. The summed E-state index contributed by atoms with van der Waals surface area (Å²) >= 11 is 0. The van der Waals surface area contributed by atoms with Gasteiger partial charge in [-0.3, -0.25) is 4.79 Å². The predicted molar refractivity (Wildman–Crippen MR) is 44.5 cm³/mol. The Bertz CT molecular complexity index is 228. The Hall–Kier alpha value is -1.25. The Morgan fingerprint density at radius 1 is 1.45 bits per heavy atom. The van der Waals surface area contributed by atoms with Crippen LogP contribution in [0.2, 0.25) is 0 Å². The average Bonchev–Trinajstić information content (AvgIpc) is 2.40. The molecular formula is C8H13NO2. The van der Waals surface area contributed by atoms with Gasteiger partial charge in [0.15, 0.2) is 17.4 Å². The van der Waals surface area contributed by atoms with Crippen molar-refractivity contribution >= 4 is 11.7 Å². The van der Waals surface area contributed by atoms with Gasteiger partial charge in [-0.25, -0.2) is 0 Å². The van der Waals surface area contributed by atoms with E-state index in [0.29, 0.717) is 5.76 Å². The molecule has 0 amide bonds. The van der Waals surface area contributed by atoms with Crippen molar-refractivity contribution in [2.24, 2.45) is 0 Å². The van der Waals surface area contributed by atoms with Gasteiger partial charge in [-0.2, -0.15) is 0 Å². The lowest BCUT2D eigenvalue weighted by molar-refractivity contribution is 0.0988. The topological polar surface area (TPSA) is 56.2 Å². The quantitative estimate of drug-likeness (QED) is 0.632. The monoisotopic (exact) mass is 155 g/mol. The number of ketones is 1. The molecule has 0 spiro atoms. The third-order valence-electron chi connectivity index (χ3n) is 0.974. The summed E-state index contributed by atoms with van der Waals surface area (Å²) in [5.41, 5.74) is 5.20. The van der Waals surface area contributed by atoms with Crippen LogP contribution in [0, 0.1) is 0 Å². The Morgan fingerprint density at radius 3 is 2.18 bits per heavy atom. The molecule has 2 N–H and O–H groups in total. The second-order valence-electron chi connectivity index (χ2n) is 1.76. The SMILES string of the molecule is CC.CC(=O)c1ccc(N)o1. The molecule has 3 heteroatoms. The number of carbonyl (C=O) groups is 1. The number of rotatable bonds is 1. The van der Waals surface area contributed by atoms with Crippen LogP contribution in [-0.4, -0.2) is 5.78 Å². The molecule has 0 aliphatic carbocycles. The van der Waals surface area contributed by atoms with Crippen molar-refractivity contribution in [3.8, 4) is 0 Å². The van der Waals surface area contributed by atoms with Gasteiger partial charge < -0.3 is 10.2 Å². The van der Waals surface area contributed by atoms with Gasteiger partial charge >= 0.3 is 0 Å². The van der Waals surface area contributed by atoms with Crippen LogP contribution in [0.5, 0.6) is 0 Å². The summed E-state index contributed by atoms with van der Waals surface area (Å²) in [6.07, 6.45) is 0. The minimum atomic E-state index is -0.105. The van der Waals surface area contributed by atoms with Gasteiger partial charge in [-0.1, -0.05) is 13.8 Å². The first kappa shape index (κ1) is 9.75. The van der Waals surface area contributed by atoms with Crippen molar-refractivity contribution in [1.29, 1.82) is 0 Å². The molecule has 0 bridgehead atoms. The molecule has 0 saturated heterocycles. The minimum Gasteiger partial charge on any atom is -0.438 e. The summed E-state index contributed by atoms with van der Waals surface area (Å²) < 4.78 is 4.77. The van der Waals surface area contributed by atoms with Gasteiger partial charge in [0.1, 0.15) is 0 Å². The predicted octanol–water partition coefficient (Wildman–Crippen LogP) is 2.09. The van der Waals surface area contributed by atoms with E-state index in [-0.39, 0.29) is 11.7 Å². The summed E-state index contributed by atoms with van der Waals surface area (Å²) in [6.45, 7) is 5.43. The summed E-state index contributed by atoms with van der Waals surface area (Å²) in [7, 11) is 0. The fraction of sp³-hybridized carbons (Fsp3) is 0.375. The van der Waals surface area contributed by atoms with Crippen molar-refractivity contribution in [2.75, 3.05) is 5.73 Å². The molecule has 11 heavy (non-hydrogen) atoms. The highest BCUT2D eigenvalue weighted by molar-refractivity contribution is 5.91. The van der Waals surface area contributed by atoms with Gasteiger partial charge in [0.25, 0.3) is 0 Å². The van der Waals surface area contributed by atoms with E-state index in [1.807, 2.05) is 13.8 Å². The first-order valence-electron chi connectivity index (χ1n) is 3.56. The third kappa shape index (κ3) is 2.89. The Balaban J connectivity index is 0.000000461. The standard InChI is InChI=1S/C6H7NO2.C2H6/c1-4(8)5-2-3-6(7)9-5;1-2/h2-3H,7H2,1H3;1-2H3. The van der Waals surface area contributed by atoms with Crippen molar-refractivity contribution in [1.82, 2.24) is 0 Å². The van der Waals surface area contributed by atoms with Crippen molar-refractivity contribution in [3.05, 3.63) is 17.9 Å². The highest BCUT2D eigenvalue weighted by atomic mass is 16.4. The van der Waals surface area contributed by atoms with E-state index >= 15 is 0 Å². The van der Waals surface area contributed by atoms with E-state index < -0.39 is 0 Å². The lowest BCUT2D eigenvalue weighted by Gasteiger charge is -1.83. The van der Waals surface area contributed by atoms with Crippen molar-refractivity contribution in [2.45, 2.75) is 20.8 Å². The van der Waals surface area contributed by atoms with Gasteiger partial charge in [0.2, 0.25) is 0 Å². The molecule has 62 valence electrons. The van der Waals surface area contributed by atoms with E-state index in [1.54, 1.807) is 12.1 Å². The highest BCUT2D eigenvalue weighted by Crippen LogP contribution is 2.08. The number of furan rings is 1. The molecule has 1 aromatic heterocycles. The van der Waals surface area contributed by atoms with E-state index in [2.05, 4.69) is 0 Å². The molecule has 0 aliphatic rings. The number of anilines is 1. The van der Waals surface area contributed by atoms with Crippen LogP contribution in [0.4, 0.5) is 5.88 Å². The van der Waals surface area contributed by atoms with Gasteiger partial charge in [0.05, 0.1) is 0 Å². The smallest absolute Gasteiger partial charge is 0.195 e. The lowest BCUT2D eigenvalue weighted by atomic mass is 10.3. The summed E-state index contributed by atoms with van der Waals surface area (Å²) in [5, 5.41) is 0. The molecule has 0 fully saturated rings. The van der Waals surface area contributed by atoms with Gasteiger partial charge in [-0.05, 0) is 6.07 Å². The molecule has 0 unspecified atom stereocenters. The van der Waals surface area contributed by atoms with E-state index in [4.69, 9.17) is 10.2 Å². The fourth-order valence-corrected chi connectivity index (χ4v) is 0.542. The largest absolute Gasteiger partial charge is 0.438 e. The second kappa shape index (κ2) is 4.55. The minimum absolute atomic E-state index is 0.105. The first-order valence-corrected chi connectivity index (χ1v) is 3.56. The first-order chi connectivity index (χ1) is 5.20. The molecule has 3 nitrogen and oxygen atoms in total. The molecule has 1 rings (SSSR count). The lowest BCUT2D eigenvalue weighted by Crippen LogP contribution is -1.86. The molecule has 0 atom stereocenters. The zero-order chi connectivity index (χ0) is 8.85. The van der Waals surface area contributed by atoms with Crippen LogP contribution in [0.3, 0.4) is 0 Å². The Morgan fingerprint density at radius 2 is 2.00 bits per heavy atom. The number of hydrogen-bond donors (Lipinski definition) is 1. The Kier molecular flexibility index (Phi) is 4.03. The van der Waals surface area contributed by atoms with Gasteiger partial charge in [-0.15, -0.1) is 0 Å². The van der Waals surface area contributed by atoms with Crippen LogP contribution in [-0.2, 0) is 0 Å². The summed E-state index contributed by atoms with van der Waals surface area (Å²) in [6, 6.07) is 3.11. The second-order valence-corrected chi connectivity index (χ2v) is 1.76. The maximum Gasteiger partial charge on any atom is 0.195 e. The van der Waals surface area contributed by atoms with Crippen molar-refractivity contribution < 1.29 is 9.21 Å². The zero-order valence-electron chi connectivity index (χ0n) is 7.05. The van der Waals surface area contributed by atoms with Crippen molar-refractivity contribution in [3.63, 3.8) is 0 Å². The number of Topliss-reactive ketones (excluding diaryl/α,β-unsaturated/α-hetero) is 1. The molecule has 0 aromatic carbocycles. The van der Waals surface area contributed by atoms with E-state index in [0.717, 1.165) is 0 Å². The number of nitrogens with two attached hydrogens (primary N) is 1. The van der Waals surface area contributed by atoms with Crippen LogP contribution in [0.15, 0.2) is 16.5 Å². The van der Waals surface area contributed by atoms with Gasteiger partial charge in [0, 0.05) is 13.0 Å². The maximum absolute atomic E-state index is 10.5. The number of hydrogen-bond acceptors (Lipinski definition) is 3. The molecule has 0 saturated carbocycles. The zero-order valence-corrected chi connectivity index (χ0v) is 7.05. The van der Waals surface area contributed by atoms with Crippen LogP contribution >= 0.6 is 0 Å². The normalized spacial score (nSPS) is 8.27. The molecule has 1 heterocycles. The van der Waals surface area contributed by atoms with Crippen LogP contribution in [0.1, 0.15) is 31.3 Å². The molecule has 0 aliphatic heterocycles. The molecule has 1 aromatic rings. The summed E-state index contributed by atoms with van der Waals surface area (Å²) in [5.74, 6) is 0.486. The average molecular weight is 155 g/mol. The van der Waals surface area contributed by atoms with E-state index in [9.17, 15) is 4.79 Å². The number of carbonyl (C=O) groups excluding carboxylic acids is 1. The van der Waals surface area contributed by atoms with E-state index in [1.165, 1.54) is 6.92 Å². The van der Waals surface area contributed by atoms with Crippen LogP contribution < -0.4 is 5.73 Å². The Labute approximate surface area is 66.2 Å². The summed E-state index contributed by atoms with van der Waals surface area (Å²) in [4.78, 5) is 10.5. The maximum atomic E-state index is 10.5. The molecule has 0 radical (unpaired) electrons. The third-order valence-corrected chi connectivity index (χ3v) is 0.974. The van der Waals surface area contributed by atoms with Crippen LogP contribution in [0.25, 0.3) is 0 Å².